The number of aliphatic hydroxyl groups excluding tert-OH is 2. The van der Waals surface area contributed by atoms with Gasteiger partial charge in [-0.05, 0) is 155 Å². The molecular formula is C92H188N14O21S2+2. The zero-order chi connectivity index (χ0) is 93.5. The Morgan fingerprint density at radius 3 is 1.01 bits per heavy atom. The summed E-state index contributed by atoms with van der Waals surface area (Å²) in [6.45, 7) is 32.7. The van der Waals surface area contributed by atoms with Crippen LogP contribution < -0.4 is 73.8 Å². The topological polar surface area (TPSA) is 656 Å². The number of esters is 9. The number of aliphatic hydroxyl groups is 2. The number of ether oxygens (including phenoxy) is 9. The summed E-state index contributed by atoms with van der Waals surface area (Å²) in [6, 6.07) is 25.5. The third-order valence-corrected chi connectivity index (χ3v) is 17.7. The number of para-hydroxylation sites is 1. The number of unbranched alkanes of at least 4 members (excludes halogenated alkanes) is 1. The fourth-order valence-electron chi connectivity index (χ4n) is 10.2. The second-order valence-corrected chi connectivity index (χ2v) is 31.3. The molecule has 37 heteroatoms. The fraction of sp³-hybridized carbons (Fsp3) is 0.576. The normalized spacial score (nSPS) is 14.1. The van der Waals surface area contributed by atoms with Gasteiger partial charge in [0.25, 0.3) is 0 Å². The molecule has 0 aliphatic rings. The van der Waals surface area contributed by atoms with Crippen LogP contribution in [0, 0.1) is 66.8 Å². The van der Waals surface area contributed by atoms with Gasteiger partial charge in [0, 0.05) is 104 Å². The van der Waals surface area contributed by atoms with Crippen molar-refractivity contribution < 1.29 is 163 Å². The maximum Gasteiger partial charge on any atom is 0.338 e. The quantitative estimate of drug-likeness (QED) is 0.00512. The summed E-state index contributed by atoms with van der Waals surface area (Å²) in [7, 11) is 0. The molecule has 0 aliphatic heterocycles. The number of H-pyrrole nitrogens is 1. The number of guanidine groups is 1. The molecule has 0 spiro atoms. The number of phenols is 1. The highest BCUT2D eigenvalue weighted by atomic mass is 32.2. The van der Waals surface area contributed by atoms with E-state index in [0.29, 0.717) is 25.1 Å². The van der Waals surface area contributed by atoms with Crippen molar-refractivity contribution in [3.8, 4) is 5.75 Å². The average Bonchev–Trinajstić information content (AvgIpc) is 1.68. The van der Waals surface area contributed by atoms with Crippen LogP contribution in [0.2, 0.25) is 0 Å². The van der Waals surface area contributed by atoms with Gasteiger partial charge in [-0.25, -0.2) is 0 Å². The van der Waals surface area contributed by atoms with Crippen molar-refractivity contribution in [3.63, 3.8) is 0 Å². The van der Waals surface area contributed by atoms with Gasteiger partial charge in [-0.1, -0.05) is 60.7 Å². The van der Waals surface area contributed by atoms with Crippen LogP contribution in [0.25, 0.3) is 10.9 Å². The SMILES string of the molecule is CC(=O)OC(C(C)[NH3+])C(C)O.CC(=O)OC(CCCC[NH3+])C(C)[NH3+].CC(=O)OC(CCC[NH+]=C(N)N)C(C)[NH3+].CC(=O)OC(CO)C(C)[NH3+].CC(=O)OC(CS)C(C)[NH3+].CC(=O)OC(Cc1c[nH]c2ccccc12)C(C)[NH3+].CC(=O)OC(Cc1ccc(O)cc1)C(C)[NH3+].CC(=O)OC(Cc1ccccc1)C(C)[NH3+].CSCCC(OC(C)=O)C(C)[NH3+].[CH3-].[CH3-].[CH3-].[CH3-].[CH3-].[CH3-].[CH3-].[CH3-].[CH3-]. The third-order valence-electron chi connectivity index (χ3n) is 16.7. The maximum absolute atomic E-state index is 11.1. The number of benzene rings is 3. The number of fused-ring (bicyclic) bond motifs is 1. The lowest BCUT2D eigenvalue weighted by Crippen LogP contribution is -2.78. The Morgan fingerprint density at radius 1 is 0.411 bits per heavy atom. The second-order valence-electron chi connectivity index (χ2n) is 29.9. The van der Waals surface area contributed by atoms with Gasteiger partial charge in [0.1, 0.15) is 60.1 Å². The van der Waals surface area contributed by atoms with Gasteiger partial charge in [-0.3, -0.25) is 59.6 Å². The van der Waals surface area contributed by atoms with Crippen molar-refractivity contribution >= 4 is 95.0 Å². The largest absolute Gasteiger partial charge is 0.508 e. The van der Waals surface area contributed by atoms with E-state index in [1.165, 1.54) is 73.3 Å². The summed E-state index contributed by atoms with van der Waals surface area (Å²) >= 11 is 5.77. The Kier molecular flexibility index (Phi) is 106. The number of phenolic OH excluding ortho intramolecular Hbond substituents is 1. The zero-order valence-electron chi connectivity index (χ0n) is 84.7. The predicted octanol–water partition coefficient (Wildman–Crippen LogP) is -0.493. The van der Waals surface area contributed by atoms with Crippen molar-refractivity contribution in [2.45, 2.75) is 305 Å². The molecule has 0 amide bonds. The first-order valence-electron chi connectivity index (χ1n) is 40.5. The van der Waals surface area contributed by atoms with Crippen molar-refractivity contribution in [1.82, 2.24) is 4.98 Å². The smallest absolute Gasteiger partial charge is 0.338 e. The number of carbonyl (C=O) groups is 9. The summed E-state index contributed by atoms with van der Waals surface area (Å²) in [5, 5.41) is 28.1. The van der Waals surface area contributed by atoms with Gasteiger partial charge in [0.15, 0.2) is 54.9 Å². The Balaban J connectivity index is -0.0000000959. The Hall–Kier alpha value is -8.28. The molecule has 4 aromatic rings. The van der Waals surface area contributed by atoms with E-state index >= 15 is 0 Å². The number of carbonyl (C=O) groups excluding carboxylic acids is 9. The lowest BCUT2D eigenvalue weighted by Gasteiger charge is -2.20. The number of hydrogen-bond acceptors (Lipinski definition) is 23. The summed E-state index contributed by atoms with van der Waals surface area (Å²) in [4.78, 5) is 102. The van der Waals surface area contributed by atoms with Crippen LogP contribution in [0.15, 0.2) is 85.1 Å². The molecule has 0 saturated carbocycles. The number of thioether (sulfide) groups is 1. The summed E-state index contributed by atoms with van der Waals surface area (Å²) in [5.41, 5.74) is 53.1. The molecule has 0 radical (unpaired) electrons. The molecular weight excluding hydrogens is 1700 g/mol. The summed E-state index contributed by atoms with van der Waals surface area (Å²) < 4.78 is 45.5. The standard InChI is InChI=1S/C14H18N2O2.C12H17NO3.C12H17NO2.C9H20N4O2.C9H20N2O2.C8H17NO2S.C7H15NO3.C6H13NO3.C6H13NO2S.9CH3/c1-9(15)14(18-10(2)17)7-11-8-16-13-6-4-3-5-12(11)13;1-8(13)12(16-9(2)14)7-10-3-5-11(15)6-4-10;1-9(13)12(15-10(2)14)8-11-6-4-3-5-7-11;1-6(10)8(15-7(2)14)4-3-5-13-9(11)12;1-7(11)9(13-8(2)12)5-3-4-6-10;1-6(9)8(4-5-12-3)11-7(2)10;1-4(8)7(5(2)9)11-6(3)10;1-4(7)6(3-8)10-5(2)9;1-4(7)6(3-10)9-5(2)8;;;;;;;;;/h3-6,8-9,14,16H,7,15H2,1-2H3;3-6,8,12,15H,7,13H2,1-2H3;3-7,9,12H,8,13H2,1-2H3;6,8H,3-5,10H2,1-2H3,(H4,11,12,13);7,9H,3-6,10-11H2,1-2H3;6,8H,4-5,9H2,1-3H3;4-5,7,9H,8H2,1-3H3;4,6,8H,3,7H2,1-2H3;4,6,10H,3,7H2,1-2H3;9*1H3/q;;;;;;;;;9*-1/p+11. The molecule has 0 aliphatic carbocycles. The molecule has 39 N–H and O–H groups in total. The number of nitrogens with one attached hydrogen (secondary N) is 2. The number of thiol groups is 1. The monoisotopic (exact) mass is 1890 g/mol. The van der Waals surface area contributed by atoms with Gasteiger partial charge >= 0.3 is 59.7 Å². The van der Waals surface area contributed by atoms with Crippen molar-refractivity contribution in [2.75, 3.05) is 37.5 Å². The second kappa shape index (κ2) is 90.3. The van der Waals surface area contributed by atoms with Crippen LogP contribution in [-0.2, 0) is 105 Å². The van der Waals surface area contributed by atoms with E-state index in [9.17, 15) is 43.2 Å². The minimum absolute atomic E-state index is 0. The molecule has 762 valence electrons. The average molecular weight is 1890 g/mol. The highest BCUT2D eigenvalue weighted by molar-refractivity contribution is 7.98. The lowest BCUT2D eigenvalue weighted by atomic mass is 10.0. The zero-order valence-corrected chi connectivity index (χ0v) is 86.4. The molecule has 3 aromatic carbocycles. The van der Waals surface area contributed by atoms with Gasteiger partial charge in [-0.2, -0.15) is 24.4 Å². The minimum atomic E-state index is -0.661. The van der Waals surface area contributed by atoms with E-state index in [2.05, 4.69) is 86.0 Å². The number of aromatic hydroxyl groups is 1. The molecule has 19 atom stereocenters. The van der Waals surface area contributed by atoms with Crippen LogP contribution in [0.3, 0.4) is 0 Å². The minimum Gasteiger partial charge on any atom is -0.508 e. The van der Waals surface area contributed by atoms with Crippen molar-refractivity contribution in [3.05, 3.63) is 169 Å². The number of nitrogens with two attached hydrogens (primary N) is 2. The molecule has 1 aromatic heterocycles. The predicted molar refractivity (Wildman–Crippen MR) is 518 cm³/mol. The van der Waals surface area contributed by atoms with Crippen molar-refractivity contribution in [2.24, 2.45) is 11.5 Å². The molecule has 0 fully saturated rings. The third kappa shape index (κ3) is 87.5. The van der Waals surface area contributed by atoms with E-state index in [0.717, 1.165) is 73.9 Å². The Labute approximate surface area is 787 Å². The highest BCUT2D eigenvalue weighted by Crippen LogP contribution is 2.21. The first kappa shape index (κ1) is 152. The van der Waals surface area contributed by atoms with E-state index in [-0.39, 0.29) is 236 Å². The van der Waals surface area contributed by atoms with Gasteiger partial charge in [0.05, 0.1) is 25.8 Å². The molecule has 0 saturated heterocycles. The Bertz CT molecular complexity index is 3380. The number of aromatic nitrogens is 1. The van der Waals surface area contributed by atoms with Crippen molar-refractivity contribution in [1.29, 1.82) is 0 Å². The maximum atomic E-state index is 11.1. The van der Waals surface area contributed by atoms with Crippen LogP contribution >= 0.6 is 24.4 Å². The van der Waals surface area contributed by atoms with Crippen LogP contribution in [-0.4, -0.2) is 233 Å². The molecule has 35 nitrogen and oxygen atoms in total. The van der Waals surface area contributed by atoms with E-state index in [1.807, 2.05) is 122 Å². The molecule has 129 heavy (non-hydrogen) atoms. The van der Waals surface area contributed by atoms with E-state index in [4.69, 9.17) is 69.4 Å². The first-order valence-corrected chi connectivity index (χ1v) is 42.6. The number of aromatic amines is 1. The highest BCUT2D eigenvalue weighted by Gasteiger charge is 2.28. The number of hydrogen-bond donors (Lipinski definition) is 18. The molecule has 19 unspecified atom stereocenters. The van der Waals surface area contributed by atoms with Gasteiger partial charge in [0.2, 0.25) is 0 Å². The Morgan fingerprint density at radius 2 is 0.721 bits per heavy atom. The first-order chi connectivity index (χ1) is 55.8. The van der Waals surface area contributed by atoms with Gasteiger partial charge < -0.3 is 187 Å². The fourth-order valence-corrected chi connectivity index (χ4v) is 11.1. The van der Waals surface area contributed by atoms with Crippen LogP contribution in [0.4, 0.5) is 0 Å². The number of quaternary nitrogens is 10. The lowest BCUT2D eigenvalue weighted by molar-refractivity contribution is -0.461. The summed E-state index contributed by atoms with van der Waals surface area (Å²) in [5.74, 6) is -0.531. The summed E-state index contributed by atoms with van der Waals surface area (Å²) in [6.07, 6.45) is 9.09. The van der Waals surface area contributed by atoms with E-state index < -0.39 is 18.3 Å². The molecule has 0 bridgehead atoms. The van der Waals surface area contributed by atoms with E-state index in [1.54, 1.807) is 44.7 Å². The molecule has 1 heterocycles. The van der Waals surface area contributed by atoms with Crippen LogP contribution in [0.1, 0.15) is 187 Å². The molecule has 4 rings (SSSR count). The van der Waals surface area contributed by atoms with Crippen LogP contribution in [0.5, 0.6) is 5.75 Å². The van der Waals surface area contributed by atoms with Gasteiger partial charge in [-0.15, -0.1) is 0 Å². The number of rotatable bonds is 38.